The van der Waals surface area contributed by atoms with E-state index in [1.807, 2.05) is 29.6 Å². The quantitative estimate of drug-likeness (QED) is 0.855. The van der Waals surface area contributed by atoms with Crippen LogP contribution in [0.15, 0.2) is 34.4 Å². The average Bonchev–Trinajstić information content (AvgIpc) is 2.90. The molecule has 3 nitrogen and oxygen atoms in total. The molecule has 2 rings (SSSR count). The number of nitriles is 1. The molecule has 0 N–H and O–H groups in total. The highest BCUT2D eigenvalue weighted by molar-refractivity contribution is 7.13. The first-order valence-electron chi connectivity index (χ1n) is 6.31. The van der Waals surface area contributed by atoms with Crippen LogP contribution in [0.3, 0.4) is 0 Å². The molecule has 0 spiro atoms. The van der Waals surface area contributed by atoms with Crippen molar-refractivity contribution in [1.82, 2.24) is 4.57 Å². The van der Waals surface area contributed by atoms with E-state index in [-0.39, 0.29) is 11.1 Å². The van der Waals surface area contributed by atoms with E-state index in [4.69, 9.17) is 5.26 Å². The zero-order chi connectivity index (χ0) is 13.8. The number of rotatable bonds is 4. The molecule has 98 valence electrons. The Morgan fingerprint density at radius 3 is 2.74 bits per heavy atom. The van der Waals surface area contributed by atoms with E-state index in [1.165, 1.54) is 0 Å². The first-order chi connectivity index (χ1) is 9.13. The van der Waals surface area contributed by atoms with Crippen molar-refractivity contribution >= 4 is 11.3 Å². The summed E-state index contributed by atoms with van der Waals surface area (Å²) in [4.78, 5) is 13.3. The van der Waals surface area contributed by atoms with Crippen LogP contribution in [0.2, 0.25) is 0 Å². The number of hydrogen-bond donors (Lipinski definition) is 0. The van der Waals surface area contributed by atoms with Gasteiger partial charge in [0.05, 0.1) is 10.6 Å². The summed E-state index contributed by atoms with van der Waals surface area (Å²) in [6, 6.07) is 9.41. The smallest absolute Gasteiger partial charge is 0.268 e. The topological polar surface area (TPSA) is 45.8 Å². The molecule has 0 amide bonds. The molecule has 0 aliphatic rings. The fourth-order valence-electron chi connectivity index (χ4n) is 1.91. The van der Waals surface area contributed by atoms with Crippen molar-refractivity contribution in [2.75, 3.05) is 0 Å². The summed E-state index contributed by atoms with van der Waals surface area (Å²) in [7, 11) is 0. The number of nitrogens with zero attached hydrogens (tertiary/aromatic N) is 2. The number of thiophene rings is 1. The van der Waals surface area contributed by atoms with Gasteiger partial charge >= 0.3 is 0 Å². The van der Waals surface area contributed by atoms with Gasteiger partial charge in [0.1, 0.15) is 11.6 Å². The second-order valence-corrected chi connectivity index (χ2v) is 5.81. The van der Waals surface area contributed by atoms with Crippen molar-refractivity contribution in [2.45, 2.75) is 26.8 Å². The molecule has 0 atom stereocenters. The van der Waals surface area contributed by atoms with Gasteiger partial charge in [-0.15, -0.1) is 11.3 Å². The minimum atomic E-state index is -0.186. The molecular weight excluding hydrogens is 256 g/mol. The van der Waals surface area contributed by atoms with Gasteiger partial charge in [0.15, 0.2) is 0 Å². The molecule has 0 fully saturated rings. The summed E-state index contributed by atoms with van der Waals surface area (Å²) in [5, 5.41) is 11.0. The van der Waals surface area contributed by atoms with Gasteiger partial charge in [0.2, 0.25) is 0 Å². The van der Waals surface area contributed by atoms with E-state index < -0.39 is 0 Å². The van der Waals surface area contributed by atoms with Gasteiger partial charge < -0.3 is 4.57 Å². The Morgan fingerprint density at radius 2 is 2.16 bits per heavy atom. The van der Waals surface area contributed by atoms with Crippen LogP contribution < -0.4 is 5.56 Å². The summed E-state index contributed by atoms with van der Waals surface area (Å²) in [6.07, 6.45) is 0.924. The van der Waals surface area contributed by atoms with Crippen molar-refractivity contribution in [3.8, 4) is 16.6 Å². The largest absolute Gasteiger partial charge is 0.306 e. The van der Waals surface area contributed by atoms with Crippen molar-refractivity contribution < 1.29 is 0 Å². The summed E-state index contributed by atoms with van der Waals surface area (Å²) in [5.74, 6) is 0.522. The molecule has 0 aliphatic carbocycles. The Kier molecular flexibility index (Phi) is 4.18. The normalized spacial score (nSPS) is 10.6. The van der Waals surface area contributed by atoms with Crippen LogP contribution >= 0.6 is 11.3 Å². The Bertz CT molecular complexity index is 648. The lowest BCUT2D eigenvalue weighted by atomic mass is 10.1. The third-order valence-corrected chi connectivity index (χ3v) is 3.89. The second-order valence-electron chi connectivity index (χ2n) is 4.86. The first kappa shape index (κ1) is 13.6. The van der Waals surface area contributed by atoms with Crippen LogP contribution in [-0.2, 0) is 6.54 Å². The Hall–Kier alpha value is -1.86. The van der Waals surface area contributed by atoms with Gasteiger partial charge in [-0.05, 0) is 35.9 Å². The Labute approximate surface area is 116 Å². The predicted octanol–water partition coefficient (Wildman–Crippen LogP) is 3.49. The third-order valence-electron chi connectivity index (χ3n) is 3.00. The highest BCUT2D eigenvalue weighted by atomic mass is 32.1. The predicted molar refractivity (Wildman–Crippen MR) is 78.2 cm³/mol. The maximum Gasteiger partial charge on any atom is 0.268 e. The molecule has 0 aromatic carbocycles. The highest BCUT2D eigenvalue weighted by Crippen LogP contribution is 2.24. The summed E-state index contributed by atoms with van der Waals surface area (Å²) in [5.41, 5.74) is 0.928. The molecule has 0 saturated heterocycles. The molecule has 2 aromatic rings. The maximum absolute atomic E-state index is 12.3. The fourth-order valence-corrected chi connectivity index (χ4v) is 2.67. The molecule has 0 aliphatic heterocycles. The van der Waals surface area contributed by atoms with Crippen LogP contribution in [0.4, 0.5) is 0 Å². The van der Waals surface area contributed by atoms with Gasteiger partial charge in [0.25, 0.3) is 5.56 Å². The number of hydrogen-bond acceptors (Lipinski definition) is 3. The zero-order valence-electron chi connectivity index (χ0n) is 11.1. The SMILES string of the molecule is CC(C)CCn1c(-c2cccs2)ccc(C#N)c1=O. The van der Waals surface area contributed by atoms with E-state index in [0.29, 0.717) is 12.5 Å². The third kappa shape index (κ3) is 2.94. The summed E-state index contributed by atoms with van der Waals surface area (Å²) in [6.45, 7) is 4.91. The van der Waals surface area contributed by atoms with E-state index in [2.05, 4.69) is 13.8 Å². The molecule has 2 heterocycles. The van der Waals surface area contributed by atoms with Crippen LogP contribution in [-0.4, -0.2) is 4.57 Å². The molecule has 0 unspecified atom stereocenters. The highest BCUT2D eigenvalue weighted by Gasteiger charge is 2.11. The maximum atomic E-state index is 12.3. The molecule has 19 heavy (non-hydrogen) atoms. The molecule has 4 heteroatoms. The Morgan fingerprint density at radius 1 is 1.37 bits per heavy atom. The van der Waals surface area contributed by atoms with E-state index >= 15 is 0 Å². The van der Waals surface area contributed by atoms with E-state index in [1.54, 1.807) is 22.0 Å². The van der Waals surface area contributed by atoms with E-state index in [9.17, 15) is 4.79 Å². The number of aromatic nitrogens is 1. The van der Waals surface area contributed by atoms with Crippen molar-refractivity contribution in [3.05, 3.63) is 45.6 Å². The van der Waals surface area contributed by atoms with Crippen LogP contribution in [0.25, 0.3) is 10.6 Å². The minimum absolute atomic E-state index is 0.186. The minimum Gasteiger partial charge on any atom is -0.306 e. The Balaban J connectivity index is 2.52. The monoisotopic (exact) mass is 272 g/mol. The van der Waals surface area contributed by atoms with Gasteiger partial charge in [-0.25, -0.2) is 0 Å². The molecule has 0 bridgehead atoms. The van der Waals surface area contributed by atoms with E-state index in [0.717, 1.165) is 17.0 Å². The molecular formula is C15H16N2OS. The first-order valence-corrected chi connectivity index (χ1v) is 7.19. The fraction of sp³-hybridized carbons (Fsp3) is 0.333. The standard InChI is InChI=1S/C15H16N2OS/c1-11(2)7-8-17-13(14-4-3-9-19-14)6-5-12(10-16)15(17)18/h3-6,9,11H,7-8H2,1-2H3. The number of pyridine rings is 1. The lowest BCUT2D eigenvalue weighted by Gasteiger charge is -2.13. The molecule has 2 aromatic heterocycles. The van der Waals surface area contributed by atoms with Crippen LogP contribution in [0.5, 0.6) is 0 Å². The van der Waals surface area contributed by atoms with Gasteiger partial charge in [-0.2, -0.15) is 5.26 Å². The summed E-state index contributed by atoms with van der Waals surface area (Å²) >= 11 is 1.60. The van der Waals surface area contributed by atoms with Crippen LogP contribution in [0, 0.1) is 17.2 Å². The zero-order valence-corrected chi connectivity index (χ0v) is 11.9. The lowest BCUT2D eigenvalue weighted by molar-refractivity contribution is 0.510. The second kappa shape index (κ2) is 5.85. The lowest BCUT2D eigenvalue weighted by Crippen LogP contribution is -2.24. The molecule has 0 saturated carbocycles. The van der Waals surface area contributed by atoms with Gasteiger partial charge in [-0.1, -0.05) is 19.9 Å². The van der Waals surface area contributed by atoms with Gasteiger partial charge in [0, 0.05) is 6.54 Å². The van der Waals surface area contributed by atoms with Crippen LogP contribution in [0.1, 0.15) is 25.8 Å². The summed E-state index contributed by atoms with van der Waals surface area (Å²) < 4.78 is 1.73. The van der Waals surface area contributed by atoms with Crippen molar-refractivity contribution in [1.29, 1.82) is 5.26 Å². The molecule has 0 radical (unpaired) electrons. The van der Waals surface area contributed by atoms with Crippen molar-refractivity contribution in [3.63, 3.8) is 0 Å². The average molecular weight is 272 g/mol. The van der Waals surface area contributed by atoms with Gasteiger partial charge in [-0.3, -0.25) is 4.79 Å². The van der Waals surface area contributed by atoms with Crippen molar-refractivity contribution in [2.24, 2.45) is 5.92 Å².